The molecule has 1 aromatic carbocycles. The molecule has 118 valence electrons. The SMILES string of the molecule is N#Cc1ccc(OCCCN(C(=O)O)C2CCNCC2)cc1. The molecule has 1 aromatic rings. The van der Waals surface area contributed by atoms with Gasteiger partial charge in [0, 0.05) is 12.6 Å². The lowest BCUT2D eigenvalue weighted by Gasteiger charge is -2.32. The monoisotopic (exact) mass is 303 g/mol. The van der Waals surface area contributed by atoms with Gasteiger partial charge in [0.25, 0.3) is 0 Å². The molecule has 2 N–H and O–H groups in total. The summed E-state index contributed by atoms with van der Waals surface area (Å²) >= 11 is 0. The molecule has 0 aromatic heterocycles. The summed E-state index contributed by atoms with van der Waals surface area (Å²) in [5, 5.41) is 21.3. The van der Waals surface area contributed by atoms with Crippen LogP contribution in [0.2, 0.25) is 0 Å². The summed E-state index contributed by atoms with van der Waals surface area (Å²) in [7, 11) is 0. The summed E-state index contributed by atoms with van der Waals surface area (Å²) in [5.41, 5.74) is 0.593. The predicted molar refractivity (Wildman–Crippen MR) is 81.9 cm³/mol. The molecule has 0 atom stereocenters. The molecular weight excluding hydrogens is 282 g/mol. The molecule has 1 aliphatic heterocycles. The van der Waals surface area contributed by atoms with Crippen LogP contribution in [0.5, 0.6) is 5.75 Å². The molecule has 0 unspecified atom stereocenters. The smallest absolute Gasteiger partial charge is 0.407 e. The van der Waals surface area contributed by atoms with Crippen LogP contribution in [-0.4, -0.2) is 48.4 Å². The van der Waals surface area contributed by atoms with Crippen LogP contribution in [0.1, 0.15) is 24.8 Å². The van der Waals surface area contributed by atoms with Gasteiger partial charge in [-0.2, -0.15) is 5.26 Å². The van der Waals surface area contributed by atoms with Gasteiger partial charge in [0.15, 0.2) is 0 Å². The Morgan fingerprint density at radius 2 is 2.05 bits per heavy atom. The first-order chi connectivity index (χ1) is 10.7. The van der Waals surface area contributed by atoms with Crippen molar-refractivity contribution in [2.24, 2.45) is 0 Å². The summed E-state index contributed by atoms with van der Waals surface area (Å²) < 4.78 is 5.58. The molecule has 1 amide bonds. The third-order valence-corrected chi connectivity index (χ3v) is 3.79. The second-order valence-corrected chi connectivity index (χ2v) is 5.30. The van der Waals surface area contributed by atoms with Crippen LogP contribution in [0, 0.1) is 11.3 Å². The molecule has 0 saturated carbocycles. The summed E-state index contributed by atoms with van der Waals surface area (Å²) in [6, 6.07) is 9.06. The summed E-state index contributed by atoms with van der Waals surface area (Å²) in [6.07, 6.45) is 1.52. The first kappa shape index (κ1) is 16.1. The average molecular weight is 303 g/mol. The minimum Gasteiger partial charge on any atom is -0.494 e. The third-order valence-electron chi connectivity index (χ3n) is 3.79. The van der Waals surface area contributed by atoms with E-state index in [2.05, 4.69) is 11.4 Å². The highest BCUT2D eigenvalue weighted by molar-refractivity contribution is 5.65. The number of carbonyl (C=O) groups is 1. The molecule has 0 spiro atoms. The Hall–Kier alpha value is -2.26. The van der Waals surface area contributed by atoms with Crippen molar-refractivity contribution in [3.8, 4) is 11.8 Å². The Morgan fingerprint density at radius 1 is 1.36 bits per heavy atom. The normalized spacial score (nSPS) is 15.0. The zero-order chi connectivity index (χ0) is 15.8. The highest BCUT2D eigenvalue weighted by atomic mass is 16.5. The van der Waals surface area contributed by atoms with Crippen molar-refractivity contribution < 1.29 is 14.6 Å². The molecule has 1 heterocycles. The number of hydrogen-bond acceptors (Lipinski definition) is 4. The van der Waals surface area contributed by atoms with E-state index in [1.165, 1.54) is 4.90 Å². The maximum atomic E-state index is 11.4. The number of ether oxygens (including phenoxy) is 1. The fraction of sp³-hybridized carbons (Fsp3) is 0.500. The number of amides is 1. The Balaban J connectivity index is 1.75. The highest BCUT2D eigenvalue weighted by Gasteiger charge is 2.24. The van der Waals surface area contributed by atoms with Crippen LogP contribution >= 0.6 is 0 Å². The van der Waals surface area contributed by atoms with Crippen molar-refractivity contribution in [1.29, 1.82) is 5.26 Å². The van der Waals surface area contributed by atoms with E-state index in [4.69, 9.17) is 10.00 Å². The van der Waals surface area contributed by atoms with E-state index >= 15 is 0 Å². The molecule has 6 heteroatoms. The van der Waals surface area contributed by atoms with Gasteiger partial charge in [0.05, 0.1) is 18.2 Å². The molecule has 6 nitrogen and oxygen atoms in total. The minimum absolute atomic E-state index is 0.105. The number of benzene rings is 1. The van der Waals surface area contributed by atoms with Gasteiger partial charge in [0.1, 0.15) is 5.75 Å². The van der Waals surface area contributed by atoms with Crippen molar-refractivity contribution in [2.75, 3.05) is 26.2 Å². The molecule has 2 rings (SSSR count). The lowest BCUT2D eigenvalue weighted by molar-refractivity contribution is 0.109. The van der Waals surface area contributed by atoms with Crippen molar-refractivity contribution in [3.05, 3.63) is 29.8 Å². The van der Waals surface area contributed by atoms with Crippen molar-refractivity contribution >= 4 is 6.09 Å². The zero-order valence-corrected chi connectivity index (χ0v) is 12.5. The molecular formula is C16H21N3O3. The Bertz CT molecular complexity index is 518. The van der Waals surface area contributed by atoms with Crippen LogP contribution in [0.3, 0.4) is 0 Å². The van der Waals surface area contributed by atoms with Crippen LogP contribution in [0.25, 0.3) is 0 Å². The fourth-order valence-electron chi connectivity index (χ4n) is 2.60. The van der Waals surface area contributed by atoms with Crippen molar-refractivity contribution in [1.82, 2.24) is 10.2 Å². The van der Waals surface area contributed by atoms with Crippen LogP contribution in [0.15, 0.2) is 24.3 Å². The van der Waals surface area contributed by atoms with Gasteiger partial charge >= 0.3 is 6.09 Å². The number of nitrogens with one attached hydrogen (secondary N) is 1. The number of carboxylic acid groups (broad SMARTS) is 1. The number of rotatable bonds is 6. The van der Waals surface area contributed by atoms with Gasteiger partial charge < -0.3 is 20.1 Å². The average Bonchev–Trinajstić information content (AvgIpc) is 2.56. The lowest BCUT2D eigenvalue weighted by Crippen LogP contribution is -2.46. The highest BCUT2D eigenvalue weighted by Crippen LogP contribution is 2.14. The standard InChI is InChI=1S/C16H21N3O3/c17-12-13-2-4-15(5-3-13)22-11-1-10-19(16(20)21)14-6-8-18-9-7-14/h2-5,14,18H,1,6-11H2,(H,20,21). The first-order valence-electron chi connectivity index (χ1n) is 7.54. The lowest BCUT2D eigenvalue weighted by atomic mass is 10.1. The van der Waals surface area contributed by atoms with E-state index in [1.807, 2.05) is 0 Å². The Morgan fingerprint density at radius 3 is 2.64 bits per heavy atom. The molecule has 1 fully saturated rings. The molecule has 0 aliphatic carbocycles. The predicted octanol–water partition coefficient (Wildman–Crippen LogP) is 2.06. The minimum atomic E-state index is -0.856. The van der Waals surface area contributed by atoms with E-state index in [0.717, 1.165) is 25.9 Å². The topological polar surface area (TPSA) is 85.6 Å². The van der Waals surface area contributed by atoms with E-state index < -0.39 is 6.09 Å². The Kier molecular flexibility index (Phi) is 6.04. The van der Waals surface area contributed by atoms with Crippen LogP contribution in [0.4, 0.5) is 4.79 Å². The van der Waals surface area contributed by atoms with Crippen molar-refractivity contribution in [3.63, 3.8) is 0 Å². The summed E-state index contributed by atoms with van der Waals surface area (Å²) in [4.78, 5) is 12.9. The second-order valence-electron chi connectivity index (χ2n) is 5.30. The van der Waals surface area contributed by atoms with E-state index in [0.29, 0.717) is 30.9 Å². The van der Waals surface area contributed by atoms with Gasteiger partial charge in [-0.1, -0.05) is 0 Å². The summed E-state index contributed by atoms with van der Waals surface area (Å²) in [5.74, 6) is 0.697. The van der Waals surface area contributed by atoms with Gasteiger partial charge in [-0.3, -0.25) is 0 Å². The first-order valence-corrected chi connectivity index (χ1v) is 7.54. The number of piperidine rings is 1. The fourth-order valence-corrected chi connectivity index (χ4v) is 2.60. The van der Waals surface area contributed by atoms with Gasteiger partial charge in [-0.15, -0.1) is 0 Å². The number of nitriles is 1. The molecule has 1 saturated heterocycles. The Labute approximate surface area is 130 Å². The van der Waals surface area contributed by atoms with Gasteiger partial charge in [0.2, 0.25) is 0 Å². The quantitative estimate of drug-likeness (QED) is 0.786. The molecule has 1 aliphatic rings. The van der Waals surface area contributed by atoms with Crippen LogP contribution in [-0.2, 0) is 0 Å². The van der Waals surface area contributed by atoms with Gasteiger partial charge in [-0.05, 0) is 56.6 Å². The van der Waals surface area contributed by atoms with Crippen molar-refractivity contribution in [2.45, 2.75) is 25.3 Å². The second kappa shape index (κ2) is 8.25. The molecule has 22 heavy (non-hydrogen) atoms. The summed E-state index contributed by atoms with van der Waals surface area (Å²) in [6.45, 7) is 2.68. The van der Waals surface area contributed by atoms with E-state index in [1.54, 1.807) is 24.3 Å². The maximum Gasteiger partial charge on any atom is 0.407 e. The van der Waals surface area contributed by atoms with Gasteiger partial charge in [-0.25, -0.2) is 4.79 Å². The zero-order valence-electron chi connectivity index (χ0n) is 12.5. The largest absolute Gasteiger partial charge is 0.494 e. The van der Waals surface area contributed by atoms with E-state index in [-0.39, 0.29) is 6.04 Å². The van der Waals surface area contributed by atoms with E-state index in [9.17, 15) is 9.90 Å². The number of hydrogen-bond donors (Lipinski definition) is 2. The number of nitrogens with zero attached hydrogens (tertiary/aromatic N) is 2. The molecule has 0 bridgehead atoms. The third kappa shape index (κ3) is 4.64. The van der Waals surface area contributed by atoms with Crippen LogP contribution < -0.4 is 10.1 Å². The molecule has 0 radical (unpaired) electrons. The maximum absolute atomic E-state index is 11.4.